The Bertz CT molecular complexity index is 167. The van der Waals surface area contributed by atoms with Gasteiger partial charge in [-0.1, -0.05) is 6.92 Å². The highest BCUT2D eigenvalue weighted by Crippen LogP contribution is 2.15. The van der Waals surface area contributed by atoms with Crippen LogP contribution in [0.3, 0.4) is 0 Å². The molecule has 0 atom stereocenters. The number of hydrogen-bond donors (Lipinski definition) is 1. The molecule has 1 fully saturated rings. The van der Waals surface area contributed by atoms with Crippen LogP contribution in [-0.2, 0) is 0 Å². The van der Waals surface area contributed by atoms with Crippen LogP contribution in [0.25, 0.3) is 0 Å². The molecule has 0 aromatic carbocycles. The normalized spacial score (nSPS) is 18.8. The van der Waals surface area contributed by atoms with Gasteiger partial charge in [0, 0.05) is 25.5 Å². The molecule has 1 heterocycles. The van der Waals surface area contributed by atoms with Gasteiger partial charge in [-0.15, -0.1) is 11.6 Å². The van der Waals surface area contributed by atoms with E-state index in [1.807, 2.05) is 4.90 Å². The first-order valence-corrected chi connectivity index (χ1v) is 5.36. The van der Waals surface area contributed by atoms with Crippen molar-refractivity contribution in [2.24, 2.45) is 5.92 Å². The van der Waals surface area contributed by atoms with Gasteiger partial charge in [0.2, 0.25) is 0 Å². The van der Waals surface area contributed by atoms with Gasteiger partial charge in [-0.05, 0) is 18.8 Å². The molecule has 1 saturated heterocycles. The van der Waals surface area contributed by atoms with Crippen LogP contribution in [0, 0.1) is 5.92 Å². The van der Waals surface area contributed by atoms with Crippen LogP contribution in [0.4, 0.5) is 4.79 Å². The van der Waals surface area contributed by atoms with E-state index < -0.39 is 0 Å². The number of hydrogen-bond acceptors (Lipinski definition) is 1. The van der Waals surface area contributed by atoms with E-state index in [-0.39, 0.29) is 6.03 Å². The van der Waals surface area contributed by atoms with Gasteiger partial charge >= 0.3 is 6.03 Å². The minimum Gasteiger partial charge on any atom is -0.337 e. The zero-order valence-corrected chi connectivity index (χ0v) is 8.81. The van der Waals surface area contributed by atoms with E-state index in [0.717, 1.165) is 31.8 Å². The second-order valence-electron chi connectivity index (χ2n) is 3.59. The molecule has 4 heteroatoms. The summed E-state index contributed by atoms with van der Waals surface area (Å²) in [5.41, 5.74) is 0. The molecular weight excluding hydrogens is 188 g/mol. The number of carbonyl (C=O) groups is 1. The Morgan fingerprint density at radius 2 is 2.15 bits per heavy atom. The van der Waals surface area contributed by atoms with Crippen molar-refractivity contribution in [1.82, 2.24) is 10.2 Å². The molecule has 0 aliphatic carbocycles. The molecule has 0 unspecified atom stereocenters. The van der Waals surface area contributed by atoms with Gasteiger partial charge in [0.1, 0.15) is 0 Å². The highest BCUT2D eigenvalue weighted by molar-refractivity contribution is 6.18. The standard InChI is InChI=1S/C9H17ClN2O/c1-8-2-6-12(7-3-8)9(13)11-5-4-10/h8H,2-7H2,1H3,(H,11,13). The zero-order valence-electron chi connectivity index (χ0n) is 8.05. The largest absolute Gasteiger partial charge is 0.337 e. The first-order valence-electron chi connectivity index (χ1n) is 4.82. The lowest BCUT2D eigenvalue weighted by molar-refractivity contribution is 0.174. The zero-order chi connectivity index (χ0) is 9.68. The molecule has 76 valence electrons. The summed E-state index contributed by atoms with van der Waals surface area (Å²) in [7, 11) is 0. The highest BCUT2D eigenvalue weighted by atomic mass is 35.5. The Balaban J connectivity index is 2.23. The number of rotatable bonds is 2. The van der Waals surface area contributed by atoms with Crippen molar-refractivity contribution in [3.63, 3.8) is 0 Å². The SMILES string of the molecule is CC1CCN(C(=O)NCCCl)CC1. The van der Waals surface area contributed by atoms with Crippen LogP contribution in [0.5, 0.6) is 0 Å². The average Bonchev–Trinajstić information content (AvgIpc) is 2.15. The van der Waals surface area contributed by atoms with E-state index in [9.17, 15) is 4.79 Å². The van der Waals surface area contributed by atoms with E-state index in [0.29, 0.717) is 12.4 Å². The third kappa shape index (κ3) is 3.43. The van der Waals surface area contributed by atoms with E-state index in [4.69, 9.17) is 11.6 Å². The summed E-state index contributed by atoms with van der Waals surface area (Å²) in [6.45, 7) is 4.56. The lowest BCUT2D eigenvalue weighted by Crippen LogP contribution is -2.44. The van der Waals surface area contributed by atoms with E-state index in [1.165, 1.54) is 0 Å². The molecule has 0 aromatic heterocycles. The number of urea groups is 1. The lowest BCUT2D eigenvalue weighted by Gasteiger charge is -2.30. The van der Waals surface area contributed by atoms with Gasteiger partial charge in [-0.3, -0.25) is 0 Å². The summed E-state index contributed by atoms with van der Waals surface area (Å²) in [6.07, 6.45) is 2.24. The third-order valence-electron chi connectivity index (χ3n) is 2.44. The summed E-state index contributed by atoms with van der Waals surface area (Å²) in [6, 6.07) is 0.0348. The maximum absolute atomic E-state index is 11.4. The minimum atomic E-state index is 0.0348. The minimum absolute atomic E-state index is 0.0348. The summed E-state index contributed by atoms with van der Waals surface area (Å²) < 4.78 is 0. The molecule has 3 nitrogen and oxygen atoms in total. The lowest BCUT2D eigenvalue weighted by atomic mass is 10.00. The maximum atomic E-state index is 11.4. The highest BCUT2D eigenvalue weighted by Gasteiger charge is 2.19. The first-order chi connectivity index (χ1) is 6.24. The molecule has 1 N–H and O–H groups in total. The summed E-state index contributed by atoms with van der Waals surface area (Å²) in [4.78, 5) is 13.3. The molecule has 0 aromatic rings. The number of alkyl halides is 1. The van der Waals surface area contributed by atoms with E-state index in [2.05, 4.69) is 12.2 Å². The second-order valence-corrected chi connectivity index (χ2v) is 3.97. The van der Waals surface area contributed by atoms with E-state index >= 15 is 0 Å². The molecule has 0 bridgehead atoms. The number of carbonyl (C=O) groups excluding carboxylic acids is 1. The first kappa shape index (κ1) is 10.6. The van der Waals surface area contributed by atoms with Gasteiger partial charge in [-0.25, -0.2) is 4.79 Å². The Morgan fingerprint density at radius 3 is 2.69 bits per heavy atom. The molecule has 0 radical (unpaired) electrons. The van der Waals surface area contributed by atoms with Crippen molar-refractivity contribution in [3.05, 3.63) is 0 Å². The number of likely N-dealkylation sites (tertiary alicyclic amines) is 1. The Morgan fingerprint density at radius 1 is 1.54 bits per heavy atom. The molecule has 0 saturated carbocycles. The predicted molar refractivity (Wildman–Crippen MR) is 54.1 cm³/mol. The van der Waals surface area contributed by atoms with Crippen molar-refractivity contribution < 1.29 is 4.79 Å². The number of nitrogens with one attached hydrogen (secondary N) is 1. The van der Waals surface area contributed by atoms with Crippen LogP contribution in [-0.4, -0.2) is 36.4 Å². The Kier molecular flexibility index (Phi) is 4.36. The summed E-state index contributed by atoms with van der Waals surface area (Å²) >= 11 is 5.47. The average molecular weight is 205 g/mol. The third-order valence-corrected chi connectivity index (χ3v) is 2.63. The van der Waals surface area contributed by atoms with Crippen LogP contribution in [0.15, 0.2) is 0 Å². The van der Waals surface area contributed by atoms with Crippen molar-refractivity contribution in [3.8, 4) is 0 Å². The fraction of sp³-hybridized carbons (Fsp3) is 0.889. The van der Waals surface area contributed by atoms with Crippen LogP contribution < -0.4 is 5.32 Å². The molecule has 1 rings (SSSR count). The Hall–Kier alpha value is -0.440. The van der Waals surface area contributed by atoms with Gasteiger partial charge in [0.25, 0.3) is 0 Å². The van der Waals surface area contributed by atoms with Crippen molar-refractivity contribution in [2.45, 2.75) is 19.8 Å². The fourth-order valence-corrected chi connectivity index (χ4v) is 1.57. The molecule has 1 aliphatic heterocycles. The van der Waals surface area contributed by atoms with Crippen LogP contribution in [0.2, 0.25) is 0 Å². The maximum Gasteiger partial charge on any atom is 0.317 e. The monoisotopic (exact) mass is 204 g/mol. The van der Waals surface area contributed by atoms with Crippen LogP contribution >= 0.6 is 11.6 Å². The molecule has 2 amide bonds. The topological polar surface area (TPSA) is 32.3 Å². The molecule has 13 heavy (non-hydrogen) atoms. The van der Waals surface area contributed by atoms with Gasteiger partial charge in [0.15, 0.2) is 0 Å². The predicted octanol–water partition coefficient (Wildman–Crippen LogP) is 1.67. The van der Waals surface area contributed by atoms with Crippen molar-refractivity contribution in [2.75, 3.05) is 25.5 Å². The molecule has 0 spiro atoms. The fourth-order valence-electron chi connectivity index (χ4n) is 1.48. The number of piperidine rings is 1. The quantitative estimate of drug-likeness (QED) is 0.682. The Labute approximate surface area is 84.4 Å². The van der Waals surface area contributed by atoms with Crippen LogP contribution in [0.1, 0.15) is 19.8 Å². The van der Waals surface area contributed by atoms with Crippen molar-refractivity contribution >= 4 is 17.6 Å². The van der Waals surface area contributed by atoms with E-state index in [1.54, 1.807) is 0 Å². The smallest absolute Gasteiger partial charge is 0.317 e. The second kappa shape index (κ2) is 5.32. The number of nitrogens with zero attached hydrogens (tertiary/aromatic N) is 1. The molecule has 1 aliphatic rings. The molecular formula is C9H17ClN2O. The summed E-state index contributed by atoms with van der Waals surface area (Å²) in [5.74, 6) is 1.24. The van der Waals surface area contributed by atoms with Gasteiger partial charge < -0.3 is 10.2 Å². The number of halogens is 1. The van der Waals surface area contributed by atoms with Crippen molar-refractivity contribution in [1.29, 1.82) is 0 Å². The number of amides is 2. The van der Waals surface area contributed by atoms with Gasteiger partial charge in [0.05, 0.1) is 0 Å². The van der Waals surface area contributed by atoms with Gasteiger partial charge in [-0.2, -0.15) is 0 Å². The summed E-state index contributed by atoms with van der Waals surface area (Å²) in [5, 5.41) is 2.77.